The average molecular weight is 1870 g/mol. The second-order valence-corrected chi connectivity index (χ2v) is 36.5. The Bertz CT molecular complexity index is 5690. The molecule has 134 heavy (non-hydrogen) atoms. The lowest BCUT2D eigenvalue weighted by Gasteiger charge is -2.37. The molecule has 15 rings (SSSR count). The Labute approximate surface area is 779 Å². The molecule has 10 aromatic rings. The fraction of sp³-hybridized carbons (Fsp3) is 0.388. The molecule has 8 aromatic carbocycles. The minimum Gasteiger partial charge on any atom is -0.497 e. The van der Waals surface area contributed by atoms with Crippen molar-refractivity contribution in [3.8, 4) is 39.8 Å². The molecule has 8 unspecified atom stereocenters. The third kappa shape index (κ3) is 23.1. The molecule has 0 saturated carbocycles. The first-order valence-corrected chi connectivity index (χ1v) is 47.3. The molecular formula is C98H113N14O20P2+. The fourth-order valence-electron chi connectivity index (χ4n) is 17.5. The second kappa shape index (κ2) is 45.3. The Hall–Kier alpha value is -11.4. The number of carbonyl (C=O) groups is 2. The Morgan fingerprint density at radius 2 is 1.31 bits per heavy atom. The van der Waals surface area contributed by atoms with Gasteiger partial charge in [0.05, 0.1) is 59.0 Å². The summed E-state index contributed by atoms with van der Waals surface area (Å²) in [7, 11) is -1.97. The summed E-state index contributed by atoms with van der Waals surface area (Å²) in [6, 6.07) is 66.0. The number of anilines is 1. The van der Waals surface area contributed by atoms with Crippen molar-refractivity contribution < 1.29 is 90.7 Å². The number of nitriles is 1. The monoisotopic (exact) mass is 1870 g/mol. The zero-order valence-corrected chi connectivity index (χ0v) is 77.2. The van der Waals surface area contributed by atoms with Crippen LogP contribution in [0.5, 0.6) is 11.5 Å². The molecule has 36 heteroatoms. The van der Waals surface area contributed by atoms with E-state index in [-0.39, 0.29) is 145 Å². The number of aliphatic hydroxyl groups excluding tert-OH is 4. The van der Waals surface area contributed by atoms with Crippen LogP contribution in [0, 0.1) is 17.9 Å². The lowest BCUT2D eigenvalue weighted by molar-refractivity contribution is -0.123. The number of fused-ring (bicyclic) bond motifs is 7. The van der Waals surface area contributed by atoms with Crippen LogP contribution in [0.2, 0.25) is 0 Å². The molecule has 10 N–H and O–H groups in total. The summed E-state index contributed by atoms with van der Waals surface area (Å²) in [5.41, 5.74) is 10.2. The van der Waals surface area contributed by atoms with Crippen LogP contribution >= 0.6 is 16.7 Å². The van der Waals surface area contributed by atoms with Gasteiger partial charge in [0.2, 0.25) is 31.2 Å². The Morgan fingerprint density at radius 3 is 1.90 bits per heavy atom. The predicted octanol–water partition coefficient (Wildman–Crippen LogP) is 13.1. The maximum absolute atomic E-state index is 14.2. The summed E-state index contributed by atoms with van der Waals surface area (Å²) in [6.45, 7) is 15.3. The van der Waals surface area contributed by atoms with Crippen molar-refractivity contribution in [3.05, 3.63) is 291 Å². The quantitative estimate of drug-likeness (QED) is 0.00557. The van der Waals surface area contributed by atoms with Gasteiger partial charge >= 0.3 is 14.3 Å². The molecule has 5 heterocycles. The molecule has 5 aliphatic rings. The average Bonchev–Trinajstić information content (AvgIpc) is 0.757. The molecule has 0 bridgehead atoms. The van der Waals surface area contributed by atoms with Crippen molar-refractivity contribution in [1.29, 1.82) is 5.26 Å². The lowest BCUT2D eigenvalue weighted by Crippen LogP contribution is -2.43. The van der Waals surface area contributed by atoms with Gasteiger partial charge in [-0.3, -0.25) is 29.8 Å². The van der Waals surface area contributed by atoms with E-state index in [4.69, 9.17) is 67.3 Å². The van der Waals surface area contributed by atoms with Gasteiger partial charge in [-0.15, -0.1) is 9.05 Å². The molecule has 0 radical (unpaired) electrons. The highest BCUT2D eigenvalue weighted by atomic mass is 31.2. The number of hydrogen-bond acceptors (Lipinski definition) is 29. The summed E-state index contributed by atoms with van der Waals surface area (Å²) in [4.78, 5) is 77.1. The molecule has 34 nitrogen and oxygen atoms in total. The number of rotatable bonds is 45. The van der Waals surface area contributed by atoms with Gasteiger partial charge in [-0.25, -0.2) is 26.0 Å². The standard InChI is InChI=1S/C98H112N14O20P2/c1-62(2)112(63(3)4)133(126-52-21-47-99)131-81-54-88(110-51-46-85(105-95(110)117)104-86(113)32-20-50-109(6)97(119)124-58-80-77-30-18-14-26-73(77)74-27-15-19-31-78(74)80)130-84(81)60-128-134(120,127-53-49-100-5)132-82-55-89(129-83(82)59-125-98(66-22-10-9-11-23-66,67-37-41-69(121-7)42-38-67)68-39-43-70(122-8)44-40-68)111-61-103-90-91(111)107-94(108-93(90)116)106-87(114)45-48-101-92(115)65-35-33-64(34-36-65)56-102-96(118)123-57-79-75-28-16-12-24-71(75)72-25-13-17-29-76(72)79/h9-19,22-31,33-44,46,51,61-63,79-84,87-89,92,95-96,101-102,114-115,117-118,120H,20-21,32,45,48-50,52-60H2,1-4,6-8H3,(H2-,104,105,106,107,108,113,116)/p+1/t81?,82?,83-,84-,87?,88-,89-,92?,95?,96?,133?,134?/m1/s1. The van der Waals surface area contributed by atoms with Gasteiger partial charge in [0.1, 0.15) is 79.4 Å². The zero-order chi connectivity index (χ0) is 94.0. The normalized spacial score (nSPS) is 19.4. The maximum Gasteiger partial charge on any atom is 0.573 e. The highest BCUT2D eigenvalue weighted by Crippen LogP contribution is 2.62. The topological polar surface area (TPSA) is 408 Å². The molecule has 0 spiro atoms. The molecule has 2 aromatic heterocycles. The number of ether oxygens (including phenoxy) is 7. The number of nitrogens with one attached hydrogen (secondary N) is 5. The van der Waals surface area contributed by atoms with E-state index in [2.05, 4.69) is 83.5 Å². The van der Waals surface area contributed by atoms with E-state index in [9.17, 15) is 45.0 Å². The van der Waals surface area contributed by atoms with Gasteiger partial charge in [-0.2, -0.15) is 19.7 Å². The van der Waals surface area contributed by atoms with Crippen LogP contribution in [-0.2, 0) is 63.2 Å². The van der Waals surface area contributed by atoms with E-state index in [1.54, 1.807) is 33.4 Å². The third-order valence-corrected chi connectivity index (χ3v) is 27.7. The number of hydrogen-bond donors (Lipinski definition) is 10. The first kappa shape index (κ1) is 97.2. The molecule has 12 atom stereocenters. The van der Waals surface area contributed by atoms with E-state index < -0.39 is 109 Å². The fourth-order valence-corrected chi connectivity index (χ4v) is 20.7. The molecular weight excluding hydrogens is 1760 g/mol. The largest absolute Gasteiger partial charge is 0.573 e. The zero-order valence-electron chi connectivity index (χ0n) is 75.5. The summed E-state index contributed by atoms with van der Waals surface area (Å²) in [6.07, 6.45) is -7.90. The van der Waals surface area contributed by atoms with Gasteiger partial charge in [0.25, 0.3) is 14.1 Å². The number of amidine groups is 1. The number of aliphatic hydroxyl groups is 4. The number of aromatic nitrogens is 4. The first-order valence-electron chi connectivity index (χ1n) is 44.7. The van der Waals surface area contributed by atoms with E-state index in [1.165, 1.54) is 33.0 Å². The number of amides is 2. The molecule has 2 saturated heterocycles. The van der Waals surface area contributed by atoms with Crippen LogP contribution in [-0.4, -0.2) is 219 Å². The van der Waals surface area contributed by atoms with Gasteiger partial charge in [-0.05, 0) is 137 Å². The van der Waals surface area contributed by atoms with Gasteiger partial charge in [-0.1, -0.05) is 176 Å². The number of carbonyl (C=O) groups excluding carboxylic acids is 2. The van der Waals surface area contributed by atoms with Gasteiger partial charge in [0.15, 0.2) is 17.8 Å². The summed E-state index contributed by atoms with van der Waals surface area (Å²) >= 11 is 0. The second-order valence-electron chi connectivity index (χ2n) is 33.4. The van der Waals surface area contributed by atoms with Crippen molar-refractivity contribution >= 4 is 51.6 Å². The van der Waals surface area contributed by atoms with Crippen molar-refractivity contribution in [1.82, 2.24) is 49.9 Å². The van der Waals surface area contributed by atoms with Crippen LogP contribution in [0.4, 0.5) is 10.7 Å². The van der Waals surface area contributed by atoms with Crippen molar-refractivity contribution in [2.24, 2.45) is 4.99 Å². The van der Waals surface area contributed by atoms with E-state index in [0.29, 0.717) is 33.8 Å². The van der Waals surface area contributed by atoms with Crippen molar-refractivity contribution in [2.45, 2.75) is 164 Å². The van der Waals surface area contributed by atoms with Crippen LogP contribution < -0.4 is 36.3 Å². The number of benzene rings is 8. The molecule has 704 valence electrons. The summed E-state index contributed by atoms with van der Waals surface area (Å²) < 4.78 is 81.2. The SMILES string of the molecule is [C-]#[N+]CCO[P+](O)(OC[C@H]1O[C@@H](N2C=CC(NC(=O)CCCN(C)C(=O)OCC3c4ccccc4-c4ccccc43)=NC2O)CC1OP(OCCC#N)N(C(C)C)C(C)C)OC1C[C@H](n2cnc3c(=O)[nH]c(NC(O)CCNC(O)c4ccc(CNC(O)OCC5c6ccccc6-c6ccccc65)cc4)nc32)O[C@@H]1COC(c1ccccc1)(c1ccc(OC)cc1)c1ccc(OC)cc1. The molecule has 2 aliphatic carbocycles. The van der Waals surface area contributed by atoms with E-state index in [0.717, 1.165) is 50.1 Å². The first-order chi connectivity index (χ1) is 65.0. The summed E-state index contributed by atoms with van der Waals surface area (Å²) in [5, 5.41) is 67.0. The van der Waals surface area contributed by atoms with Gasteiger partial charge in [0, 0.05) is 82.5 Å². The number of H-pyrrole nitrogens is 1. The Balaban J connectivity index is 0.642. The van der Waals surface area contributed by atoms with Crippen LogP contribution in [0.25, 0.3) is 38.3 Å². The molecule has 3 aliphatic heterocycles. The highest BCUT2D eigenvalue weighted by Gasteiger charge is 2.56. The number of aromatic amines is 1. The van der Waals surface area contributed by atoms with Crippen LogP contribution in [0.1, 0.15) is 141 Å². The maximum atomic E-state index is 14.2. The lowest BCUT2D eigenvalue weighted by atomic mass is 9.80. The Morgan fingerprint density at radius 1 is 0.724 bits per heavy atom. The number of aliphatic imine (C=N–C) groups is 1. The van der Waals surface area contributed by atoms with E-state index in [1.807, 2.05) is 184 Å². The third-order valence-electron chi connectivity index (χ3n) is 24.0. The highest BCUT2D eigenvalue weighted by molar-refractivity contribution is 7.55. The van der Waals surface area contributed by atoms with Crippen LogP contribution in [0.3, 0.4) is 0 Å². The smallest absolute Gasteiger partial charge is 0.497 e. The summed E-state index contributed by atoms with van der Waals surface area (Å²) in [5.74, 6) is 0.501. The number of methoxy groups -OCH3 is 2. The minimum absolute atomic E-state index is 0.00154. The predicted molar refractivity (Wildman–Crippen MR) is 501 cm³/mol. The number of nitrogens with zero attached hydrogens (tertiary/aromatic N) is 9. The van der Waals surface area contributed by atoms with Crippen LogP contribution in [0.15, 0.2) is 229 Å². The van der Waals surface area contributed by atoms with Gasteiger partial charge < -0.3 is 87.9 Å². The Kier molecular flexibility index (Phi) is 32.9. The van der Waals surface area contributed by atoms with Crippen molar-refractivity contribution in [2.75, 3.05) is 85.9 Å². The molecule has 2 fully saturated rings. The molecule has 2 amide bonds. The number of imidazole rings is 1. The minimum atomic E-state index is -4.75. The van der Waals surface area contributed by atoms with Crippen molar-refractivity contribution in [3.63, 3.8) is 0 Å². The van der Waals surface area contributed by atoms with E-state index >= 15 is 0 Å².